The van der Waals surface area contributed by atoms with Crippen LogP contribution in [0.4, 0.5) is 13.2 Å². The molecule has 0 saturated heterocycles. The second-order valence-corrected chi connectivity index (χ2v) is 6.78. The van der Waals surface area contributed by atoms with Gasteiger partial charge in [0.15, 0.2) is 0 Å². The zero-order valence-corrected chi connectivity index (χ0v) is 15.6. The van der Waals surface area contributed by atoms with Crippen molar-refractivity contribution in [2.45, 2.75) is 25.6 Å². The number of carboxylic acid groups (broad SMARTS) is 1. The van der Waals surface area contributed by atoms with Gasteiger partial charge in [-0.2, -0.15) is 13.2 Å². The molecular formula is C20H18F3N3O3. The lowest BCUT2D eigenvalue weighted by molar-refractivity contribution is -0.139. The highest BCUT2D eigenvalue weighted by molar-refractivity contribution is 5.96. The maximum absolute atomic E-state index is 13.5. The molecule has 0 spiro atoms. The van der Waals surface area contributed by atoms with Crippen molar-refractivity contribution in [3.8, 4) is 11.1 Å². The molecule has 0 unspecified atom stereocenters. The number of aryl methyl sites for hydroxylation is 1. The van der Waals surface area contributed by atoms with Crippen LogP contribution in [0.15, 0.2) is 41.5 Å². The Morgan fingerprint density at radius 3 is 2.62 bits per heavy atom. The van der Waals surface area contributed by atoms with Crippen molar-refractivity contribution in [3.05, 3.63) is 63.7 Å². The Kier molecular flexibility index (Phi) is 5.18. The zero-order valence-electron chi connectivity index (χ0n) is 15.6. The molecule has 0 amide bonds. The van der Waals surface area contributed by atoms with Crippen molar-refractivity contribution in [2.24, 2.45) is 12.8 Å². The molecule has 0 aliphatic heterocycles. The van der Waals surface area contributed by atoms with E-state index in [9.17, 15) is 22.8 Å². The minimum absolute atomic E-state index is 0.0113. The maximum atomic E-state index is 13.5. The molecule has 1 atom stereocenters. The third-order valence-electron chi connectivity index (χ3n) is 4.83. The Morgan fingerprint density at radius 1 is 1.31 bits per heavy atom. The van der Waals surface area contributed by atoms with E-state index >= 15 is 0 Å². The predicted octanol–water partition coefficient (Wildman–Crippen LogP) is 2.88. The van der Waals surface area contributed by atoms with Crippen LogP contribution in [0.5, 0.6) is 0 Å². The quantitative estimate of drug-likeness (QED) is 0.696. The van der Waals surface area contributed by atoms with Gasteiger partial charge in [0.2, 0.25) is 0 Å². The number of alkyl halides is 3. The number of aliphatic carboxylic acids is 1. The Hall–Kier alpha value is -3.20. The Labute approximate surface area is 163 Å². The second-order valence-electron chi connectivity index (χ2n) is 6.78. The number of hydrogen-bond donors (Lipinski definition) is 2. The van der Waals surface area contributed by atoms with Crippen molar-refractivity contribution in [1.29, 1.82) is 0 Å². The summed E-state index contributed by atoms with van der Waals surface area (Å²) in [7, 11) is 1.26. The molecule has 6 nitrogen and oxygen atoms in total. The number of nitrogens with two attached hydrogens (primary N) is 1. The zero-order chi connectivity index (χ0) is 21.5. The van der Waals surface area contributed by atoms with Crippen molar-refractivity contribution >= 4 is 16.9 Å². The second kappa shape index (κ2) is 7.32. The molecule has 0 radical (unpaired) electrons. The van der Waals surface area contributed by atoms with Gasteiger partial charge in [0, 0.05) is 30.4 Å². The maximum Gasteiger partial charge on any atom is 0.418 e. The molecule has 0 saturated carbocycles. The molecule has 2 aromatic heterocycles. The molecule has 0 aliphatic rings. The van der Waals surface area contributed by atoms with Gasteiger partial charge in [-0.05, 0) is 30.5 Å². The first-order valence-corrected chi connectivity index (χ1v) is 8.65. The van der Waals surface area contributed by atoms with Crippen molar-refractivity contribution in [1.82, 2.24) is 9.55 Å². The summed E-state index contributed by atoms with van der Waals surface area (Å²) in [6.07, 6.45) is -2.38. The molecule has 0 bridgehead atoms. The first-order valence-electron chi connectivity index (χ1n) is 8.65. The molecule has 9 heteroatoms. The molecule has 0 fully saturated rings. The van der Waals surface area contributed by atoms with Crippen LogP contribution in [-0.2, 0) is 24.4 Å². The van der Waals surface area contributed by atoms with Crippen LogP contribution in [-0.4, -0.2) is 26.7 Å². The third kappa shape index (κ3) is 3.73. The van der Waals surface area contributed by atoms with E-state index in [4.69, 9.17) is 10.8 Å². The molecule has 3 rings (SSSR count). The van der Waals surface area contributed by atoms with Gasteiger partial charge >= 0.3 is 12.1 Å². The van der Waals surface area contributed by atoms with E-state index in [1.807, 2.05) is 0 Å². The molecule has 3 N–H and O–H groups in total. The smallest absolute Gasteiger partial charge is 0.418 e. The third-order valence-corrected chi connectivity index (χ3v) is 4.83. The summed E-state index contributed by atoms with van der Waals surface area (Å²) < 4.78 is 41.3. The van der Waals surface area contributed by atoms with Crippen LogP contribution in [0, 0.1) is 6.92 Å². The van der Waals surface area contributed by atoms with E-state index in [2.05, 4.69) is 4.98 Å². The Morgan fingerprint density at radius 2 is 2.00 bits per heavy atom. The van der Waals surface area contributed by atoms with E-state index in [0.717, 1.165) is 10.8 Å². The fourth-order valence-corrected chi connectivity index (χ4v) is 3.36. The summed E-state index contributed by atoms with van der Waals surface area (Å²) in [4.78, 5) is 28.1. The van der Waals surface area contributed by atoms with Crippen LogP contribution >= 0.6 is 0 Å². The normalized spacial score (nSPS) is 12.9. The summed E-state index contributed by atoms with van der Waals surface area (Å²) >= 11 is 0. The van der Waals surface area contributed by atoms with E-state index in [1.165, 1.54) is 26.2 Å². The first kappa shape index (κ1) is 20.5. The number of carbonyl (C=O) groups is 1. The molecule has 152 valence electrons. The average Bonchev–Trinajstić information content (AvgIpc) is 2.65. The van der Waals surface area contributed by atoms with E-state index in [1.54, 1.807) is 18.2 Å². The largest absolute Gasteiger partial charge is 0.480 e. The fraction of sp³-hybridized carbons (Fsp3) is 0.250. The average molecular weight is 405 g/mol. The monoisotopic (exact) mass is 405 g/mol. The molecule has 1 aromatic carbocycles. The number of hydrogen-bond acceptors (Lipinski definition) is 4. The van der Waals surface area contributed by atoms with Gasteiger partial charge in [0.1, 0.15) is 6.04 Å². The van der Waals surface area contributed by atoms with Gasteiger partial charge < -0.3 is 15.4 Å². The lowest BCUT2D eigenvalue weighted by atomic mass is 9.93. The number of halogens is 3. The minimum Gasteiger partial charge on any atom is -0.480 e. The van der Waals surface area contributed by atoms with Crippen LogP contribution in [0.1, 0.15) is 16.7 Å². The minimum atomic E-state index is -4.62. The Bertz CT molecular complexity index is 1170. The first-order chi connectivity index (χ1) is 13.5. The fourth-order valence-electron chi connectivity index (χ4n) is 3.36. The van der Waals surface area contributed by atoms with Crippen LogP contribution in [0.2, 0.25) is 0 Å². The number of pyridine rings is 2. The van der Waals surface area contributed by atoms with E-state index in [-0.39, 0.29) is 23.1 Å². The predicted molar refractivity (Wildman–Crippen MR) is 101 cm³/mol. The lowest BCUT2D eigenvalue weighted by Crippen LogP contribution is -2.32. The summed E-state index contributed by atoms with van der Waals surface area (Å²) in [5, 5.41) is 9.60. The topological polar surface area (TPSA) is 98.2 Å². The van der Waals surface area contributed by atoms with Gasteiger partial charge in [-0.3, -0.25) is 14.6 Å². The number of rotatable bonds is 4. The number of fused-ring (bicyclic) bond motifs is 1. The lowest BCUT2D eigenvalue weighted by Gasteiger charge is -2.17. The summed E-state index contributed by atoms with van der Waals surface area (Å²) in [6.45, 7) is 1.25. The molecule has 3 aromatic rings. The number of nitrogens with zero attached hydrogens (tertiary/aromatic N) is 2. The highest BCUT2D eigenvalue weighted by Gasteiger charge is 2.35. The molecule has 2 heterocycles. The van der Waals surface area contributed by atoms with Gasteiger partial charge in [0.05, 0.1) is 16.6 Å². The molecule has 0 aliphatic carbocycles. The van der Waals surface area contributed by atoms with E-state index in [0.29, 0.717) is 16.5 Å². The van der Waals surface area contributed by atoms with E-state index < -0.39 is 29.3 Å². The summed E-state index contributed by atoms with van der Waals surface area (Å²) in [6, 6.07) is 5.21. The standard InChI is InChI=1S/C20H18F3N3O3/c1-10-14(20(21,22)23)9-26(2)18(27)16(10)13-6-5-11(8-15(24)19(28)29)12-4-3-7-25-17(12)13/h3-7,9,15H,8,24H2,1-2H3,(H,28,29)/t15-/m0/s1. The molecule has 29 heavy (non-hydrogen) atoms. The van der Waals surface area contributed by atoms with Gasteiger partial charge in [0.25, 0.3) is 5.56 Å². The van der Waals surface area contributed by atoms with Crippen LogP contribution < -0.4 is 11.3 Å². The number of carboxylic acids is 1. The SMILES string of the molecule is Cc1c(C(F)(F)F)cn(C)c(=O)c1-c1ccc(C[C@H](N)C(=O)O)c2cccnc12. The van der Waals surface area contributed by atoms with Gasteiger partial charge in [-0.25, -0.2) is 0 Å². The molecular weight excluding hydrogens is 387 g/mol. The summed E-state index contributed by atoms with van der Waals surface area (Å²) in [5.74, 6) is -1.17. The van der Waals surface area contributed by atoms with Crippen molar-refractivity contribution < 1.29 is 23.1 Å². The number of aromatic nitrogens is 2. The van der Waals surface area contributed by atoms with Gasteiger partial charge in [-0.1, -0.05) is 18.2 Å². The Balaban J connectivity index is 2.32. The van der Waals surface area contributed by atoms with Gasteiger partial charge in [-0.15, -0.1) is 0 Å². The van der Waals surface area contributed by atoms with Crippen LogP contribution in [0.3, 0.4) is 0 Å². The summed E-state index contributed by atoms with van der Waals surface area (Å²) in [5.41, 5.74) is 4.98. The van der Waals surface area contributed by atoms with Crippen molar-refractivity contribution in [2.75, 3.05) is 0 Å². The number of benzene rings is 1. The highest BCUT2D eigenvalue weighted by Crippen LogP contribution is 2.36. The van der Waals surface area contributed by atoms with Crippen LogP contribution in [0.25, 0.3) is 22.0 Å². The van der Waals surface area contributed by atoms with Crippen molar-refractivity contribution in [3.63, 3.8) is 0 Å². The highest BCUT2D eigenvalue weighted by atomic mass is 19.4.